The van der Waals surface area contributed by atoms with Crippen molar-refractivity contribution < 1.29 is 0 Å². The summed E-state index contributed by atoms with van der Waals surface area (Å²) in [5.41, 5.74) is 3.99. The first-order valence-corrected chi connectivity index (χ1v) is 7.84. The fraction of sp³-hybridized carbons (Fsp3) is 0.706. The number of hydrogen-bond acceptors (Lipinski definition) is 3. The highest BCUT2D eigenvalue weighted by Crippen LogP contribution is 2.26. The Hall–Kier alpha value is -1.09. The molecule has 0 unspecified atom stereocenters. The molecule has 1 fully saturated rings. The number of aromatic nitrogens is 1. The van der Waals surface area contributed by atoms with E-state index in [1.54, 1.807) is 0 Å². The SMILES string of the molecule is Cc1cc(C)c(CNC(C)(C)C)c(N2CCCCC2)n1. The Balaban J connectivity index is 2.27. The maximum absolute atomic E-state index is 4.84. The van der Waals surface area contributed by atoms with E-state index in [0.717, 1.165) is 25.3 Å². The van der Waals surface area contributed by atoms with Crippen molar-refractivity contribution in [1.82, 2.24) is 10.3 Å². The minimum Gasteiger partial charge on any atom is -0.356 e. The Morgan fingerprint density at radius 2 is 1.80 bits per heavy atom. The molecule has 0 atom stereocenters. The largest absolute Gasteiger partial charge is 0.356 e. The van der Waals surface area contributed by atoms with E-state index >= 15 is 0 Å². The van der Waals surface area contributed by atoms with Crippen LogP contribution in [0.15, 0.2) is 6.07 Å². The summed E-state index contributed by atoms with van der Waals surface area (Å²) >= 11 is 0. The fourth-order valence-electron chi connectivity index (χ4n) is 2.78. The molecular weight excluding hydrogens is 246 g/mol. The molecular formula is C17H29N3. The highest BCUT2D eigenvalue weighted by molar-refractivity contribution is 5.52. The lowest BCUT2D eigenvalue weighted by atomic mass is 10.0. The average Bonchev–Trinajstić information content (AvgIpc) is 2.36. The molecule has 0 spiro atoms. The van der Waals surface area contributed by atoms with Crippen LogP contribution in [0.4, 0.5) is 5.82 Å². The van der Waals surface area contributed by atoms with Gasteiger partial charge in [-0.2, -0.15) is 0 Å². The molecule has 1 aromatic rings. The summed E-state index contributed by atoms with van der Waals surface area (Å²) in [5, 5.41) is 3.61. The highest BCUT2D eigenvalue weighted by atomic mass is 15.2. The second kappa shape index (κ2) is 6.13. The van der Waals surface area contributed by atoms with Crippen molar-refractivity contribution >= 4 is 5.82 Å². The molecule has 3 nitrogen and oxygen atoms in total. The van der Waals surface area contributed by atoms with Gasteiger partial charge in [-0.15, -0.1) is 0 Å². The maximum Gasteiger partial charge on any atom is 0.133 e. The third kappa shape index (κ3) is 3.95. The van der Waals surface area contributed by atoms with Gasteiger partial charge in [0.05, 0.1) is 0 Å². The summed E-state index contributed by atoms with van der Waals surface area (Å²) in [4.78, 5) is 7.32. The number of hydrogen-bond donors (Lipinski definition) is 1. The van der Waals surface area contributed by atoms with E-state index in [4.69, 9.17) is 4.98 Å². The van der Waals surface area contributed by atoms with Crippen molar-refractivity contribution in [2.75, 3.05) is 18.0 Å². The van der Waals surface area contributed by atoms with Crippen molar-refractivity contribution in [2.45, 2.75) is 66.0 Å². The summed E-state index contributed by atoms with van der Waals surface area (Å²) in [5.74, 6) is 1.21. The summed E-state index contributed by atoms with van der Waals surface area (Å²) in [6.07, 6.45) is 3.94. The molecule has 0 aromatic carbocycles. The van der Waals surface area contributed by atoms with Crippen LogP contribution in [0.25, 0.3) is 0 Å². The number of nitrogens with zero attached hydrogens (tertiary/aromatic N) is 2. The van der Waals surface area contributed by atoms with Crippen LogP contribution >= 0.6 is 0 Å². The molecule has 1 aromatic heterocycles. The van der Waals surface area contributed by atoms with Crippen LogP contribution in [0.1, 0.15) is 56.9 Å². The zero-order valence-corrected chi connectivity index (χ0v) is 13.7. The van der Waals surface area contributed by atoms with Gasteiger partial charge in [0.1, 0.15) is 5.82 Å². The van der Waals surface area contributed by atoms with Crippen LogP contribution in [-0.2, 0) is 6.54 Å². The second-order valence-corrected chi connectivity index (χ2v) is 7.03. The van der Waals surface area contributed by atoms with E-state index in [2.05, 4.69) is 50.9 Å². The van der Waals surface area contributed by atoms with E-state index in [9.17, 15) is 0 Å². The van der Waals surface area contributed by atoms with Gasteiger partial charge in [0.2, 0.25) is 0 Å². The van der Waals surface area contributed by atoms with E-state index in [1.807, 2.05) is 0 Å². The Morgan fingerprint density at radius 3 is 2.40 bits per heavy atom. The predicted octanol–water partition coefficient (Wildman–Crippen LogP) is 3.58. The van der Waals surface area contributed by atoms with E-state index in [-0.39, 0.29) is 5.54 Å². The normalized spacial score (nSPS) is 16.6. The zero-order valence-electron chi connectivity index (χ0n) is 13.7. The van der Waals surface area contributed by atoms with Crippen molar-refractivity contribution in [2.24, 2.45) is 0 Å². The molecule has 1 N–H and O–H groups in total. The quantitative estimate of drug-likeness (QED) is 0.914. The molecule has 0 saturated carbocycles. The van der Waals surface area contributed by atoms with Gasteiger partial charge >= 0.3 is 0 Å². The molecule has 3 heteroatoms. The molecule has 2 rings (SSSR count). The molecule has 1 aliphatic heterocycles. The molecule has 112 valence electrons. The Kier molecular flexibility index (Phi) is 4.69. The van der Waals surface area contributed by atoms with Crippen molar-refractivity contribution in [3.05, 3.63) is 22.9 Å². The van der Waals surface area contributed by atoms with Gasteiger partial charge < -0.3 is 10.2 Å². The van der Waals surface area contributed by atoms with Gasteiger partial charge in [0, 0.05) is 36.4 Å². The average molecular weight is 275 g/mol. The van der Waals surface area contributed by atoms with E-state index in [0.29, 0.717) is 0 Å². The molecule has 0 radical (unpaired) electrons. The monoisotopic (exact) mass is 275 g/mol. The van der Waals surface area contributed by atoms with Crippen molar-refractivity contribution in [1.29, 1.82) is 0 Å². The Bertz CT molecular complexity index is 454. The van der Waals surface area contributed by atoms with Crippen molar-refractivity contribution in [3.8, 4) is 0 Å². The molecule has 20 heavy (non-hydrogen) atoms. The standard InChI is InChI=1S/C17H29N3/c1-13-11-14(2)19-16(20-9-7-6-8-10-20)15(13)12-18-17(3,4)5/h11,18H,6-10,12H2,1-5H3. The Labute approximate surface area is 123 Å². The minimum atomic E-state index is 0.135. The lowest BCUT2D eigenvalue weighted by Gasteiger charge is -2.31. The summed E-state index contributed by atoms with van der Waals surface area (Å²) in [6.45, 7) is 14.1. The molecule has 2 heterocycles. The lowest BCUT2D eigenvalue weighted by molar-refractivity contribution is 0.423. The van der Waals surface area contributed by atoms with E-state index in [1.165, 1.54) is 36.2 Å². The predicted molar refractivity (Wildman–Crippen MR) is 86.4 cm³/mol. The maximum atomic E-state index is 4.84. The fourth-order valence-corrected chi connectivity index (χ4v) is 2.78. The third-order valence-corrected chi connectivity index (χ3v) is 3.90. The number of aryl methyl sites for hydroxylation is 2. The molecule has 0 amide bonds. The smallest absolute Gasteiger partial charge is 0.133 e. The number of piperidine rings is 1. The van der Waals surface area contributed by atoms with Gasteiger partial charge in [-0.3, -0.25) is 0 Å². The third-order valence-electron chi connectivity index (χ3n) is 3.90. The number of rotatable bonds is 3. The first-order chi connectivity index (χ1) is 9.37. The summed E-state index contributed by atoms with van der Waals surface area (Å²) in [7, 11) is 0. The molecule has 1 saturated heterocycles. The second-order valence-electron chi connectivity index (χ2n) is 7.03. The summed E-state index contributed by atoms with van der Waals surface area (Å²) in [6, 6.07) is 2.20. The topological polar surface area (TPSA) is 28.2 Å². The van der Waals surface area contributed by atoms with Gasteiger partial charge in [-0.25, -0.2) is 4.98 Å². The molecule has 0 aliphatic carbocycles. The number of pyridine rings is 1. The minimum absolute atomic E-state index is 0.135. The Morgan fingerprint density at radius 1 is 1.15 bits per heavy atom. The van der Waals surface area contributed by atoms with Crippen LogP contribution < -0.4 is 10.2 Å². The van der Waals surface area contributed by atoms with Gasteiger partial charge in [0.25, 0.3) is 0 Å². The number of nitrogens with one attached hydrogen (secondary N) is 1. The van der Waals surface area contributed by atoms with Crippen LogP contribution in [0.5, 0.6) is 0 Å². The zero-order chi connectivity index (χ0) is 14.8. The van der Waals surface area contributed by atoms with Gasteiger partial charge in [0.15, 0.2) is 0 Å². The van der Waals surface area contributed by atoms with Gasteiger partial charge in [-0.1, -0.05) is 0 Å². The molecule has 1 aliphatic rings. The molecule has 0 bridgehead atoms. The summed E-state index contributed by atoms with van der Waals surface area (Å²) < 4.78 is 0. The van der Waals surface area contributed by atoms with Crippen LogP contribution in [0.3, 0.4) is 0 Å². The van der Waals surface area contributed by atoms with Crippen LogP contribution in [-0.4, -0.2) is 23.6 Å². The highest BCUT2D eigenvalue weighted by Gasteiger charge is 2.19. The first kappa shape index (κ1) is 15.3. The number of anilines is 1. The van der Waals surface area contributed by atoms with Crippen molar-refractivity contribution in [3.63, 3.8) is 0 Å². The van der Waals surface area contributed by atoms with Crippen LogP contribution in [0, 0.1) is 13.8 Å². The van der Waals surface area contributed by atoms with E-state index < -0.39 is 0 Å². The van der Waals surface area contributed by atoms with Crippen LogP contribution in [0.2, 0.25) is 0 Å². The van der Waals surface area contributed by atoms with Gasteiger partial charge in [-0.05, 0) is 65.5 Å². The first-order valence-electron chi connectivity index (χ1n) is 7.84. The lowest BCUT2D eigenvalue weighted by Crippen LogP contribution is -2.37.